The standard InChI is InChI=1S/C17H24N6O2.HI/c1-12-20-21-16(23(12)4)10-19-17(18-2)22(3)11-13-5-6-14-15(9-13)25-8-7-24-14;/h5-6,9H,7-8,10-11H2,1-4H3,(H,18,19);1H. The monoisotopic (exact) mass is 472 g/mol. The number of nitrogens with one attached hydrogen (secondary N) is 1. The van der Waals surface area contributed by atoms with Crippen molar-refractivity contribution in [1.29, 1.82) is 0 Å². The average Bonchev–Trinajstić information content (AvgIpc) is 2.94. The summed E-state index contributed by atoms with van der Waals surface area (Å²) in [6.07, 6.45) is 0. The number of aliphatic imine (C=N–C) groups is 1. The van der Waals surface area contributed by atoms with Crippen LogP contribution < -0.4 is 14.8 Å². The summed E-state index contributed by atoms with van der Waals surface area (Å²) in [5.74, 6) is 4.14. The molecule has 0 saturated heterocycles. The molecule has 0 fully saturated rings. The molecule has 1 aliphatic rings. The van der Waals surface area contributed by atoms with Crippen molar-refractivity contribution < 1.29 is 9.47 Å². The van der Waals surface area contributed by atoms with Gasteiger partial charge in [0, 0.05) is 27.7 Å². The molecule has 1 aromatic heterocycles. The van der Waals surface area contributed by atoms with E-state index in [0.717, 1.165) is 34.7 Å². The van der Waals surface area contributed by atoms with E-state index >= 15 is 0 Å². The number of guanidine groups is 1. The van der Waals surface area contributed by atoms with Crippen LogP contribution in [0.15, 0.2) is 23.2 Å². The van der Waals surface area contributed by atoms with Crippen LogP contribution in [-0.4, -0.2) is 52.9 Å². The quantitative estimate of drug-likeness (QED) is 0.415. The second-order valence-electron chi connectivity index (χ2n) is 5.96. The van der Waals surface area contributed by atoms with Crippen molar-refractivity contribution >= 4 is 29.9 Å². The lowest BCUT2D eigenvalue weighted by Crippen LogP contribution is -2.38. The van der Waals surface area contributed by atoms with E-state index in [9.17, 15) is 0 Å². The first-order valence-electron chi connectivity index (χ1n) is 8.23. The Hall–Kier alpha value is -2.04. The smallest absolute Gasteiger partial charge is 0.194 e. The molecule has 0 spiro atoms. The fraction of sp³-hybridized carbons (Fsp3) is 0.471. The van der Waals surface area contributed by atoms with Gasteiger partial charge < -0.3 is 24.3 Å². The van der Waals surface area contributed by atoms with Crippen LogP contribution in [0.2, 0.25) is 0 Å². The Balaban J connectivity index is 0.00000243. The summed E-state index contributed by atoms with van der Waals surface area (Å²) >= 11 is 0. The molecule has 0 radical (unpaired) electrons. The van der Waals surface area contributed by atoms with Crippen LogP contribution in [-0.2, 0) is 20.1 Å². The molecule has 142 valence electrons. The molecule has 26 heavy (non-hydrogen) atoms. The molecule has 1 N–H and O–H groups in total. The topological polar surface area (TPSA) is 76.8 Å². The highest BCUT2D eigenvalue weighted by Crippen LogP contribution is 2.31. The molecule has 2 heterocycles. The number of nitrogens with zero attached hydrogens (tertiary/aromatic N) is 5. The Morgan fingerprint density at radius 1 is 1.27 bits per heavy atom. The number of hydrogen-bond donors (Lipinski definition) is 1. The van der Waals surface area contributed by atoms with Crippen LogP contribution in [0.25, 0.3) is 0 Å². The molecule has 0 aliphatic carbocycles. The van der Waals surface area contributed by atoms with E-state index in [1.165, 1.54) is 0 Å². The Bertz CT molecular complexity index is 777. The van der Waals surface area contributed by atoms with Gasteiger partial charge in [-0.3, -0.25) is 4.99 Å². The predicted molar refractivity (Wildman–Crippen MR) is 110 cm³/mol. The Labute approximate surface area is 170 Å². The van der Waals surface area contributed by atoms with Gasteiger partial charge in [0.25, 0.3) is 0 Å². The summed E-state index contributed by atoms with van der Waals surface area (Å²) in [4.78, 5) is 6.39. The number of benzene rings is 1. The summed E-state index contributed by atoms with van der Waals surface area (Å²) < 4.78 is 13.2. The average molecular weight is 472 g/mol. The van der Waals surface area contributed by atoms with Crippen molar-refractivity contribution in [2.45, 2.75) is 20.0 Å². The van der Waals surface area contributed by atoms with Crippen LogP contribution in [0, 0.1) is 6.92 Å². The third kappa shape index (κ3) is 4.57. The zero-order chi connectivity index (χ0) is 17.8. The number of halogens is 1. The van der Waals surface area contributed by atoms with Crippen molar-refractivity contribution in [1.82, 2.24) is 25.0 Å². The van der Waals surface area contributed by atoms with Gasteiger partial charge in [-0.05, 0) is 24.6 Å². The van der Waals surface area contributed by atoms with E-state index in [2.05, 4.69) is 25.4 Å². The summed E-state index contributed by atoms with van der Waals surface area (Å²) in [6, 6.07) is 6.02. The maximum Gasteiger partial charge on any atom is 0.194 e. The normalized spacial score (nSPS) is 13.2. The van der Waals surface area contributed by atoms with Crippen LogP contribution in [0.5, 0.6) is 11.5 Å². The predicted octanol–water partition coefficient (Wildman–Crippen LogP) is 1.72. The first-order chi connectivity index (χ1) is 12.1. The third-order valence-corrected chi connectivity index (χ3v) is 4.19. The van der Waals surface area contributed by atoms with Gasteiger partial charge in [0.1, 0.15) is 19.0 Å². The third-order valence-electron chi connectivity index (χ3n) is 4.19. The van der Waals surface area contributed by atoms with E-state index in [1.807, 2.05) is 43.8 Å². The molecular weight excluding hydrogens is 447 g/mol. The molecule has 9 heteroatoms. The molecule has 8 nitrogen and oxygen atoms in total. The van der Waals surface area contributed by atoms with Gasteiger partial charge in [0.15, 0.2) is 23.3 Å². The highest BCUT2D eigenvalue weighted by Gasteiger charge is 2.14. The lowest BCUT2D eigenvalue weighted by Gasteiger charge is -2.23. The van der Waals surface area contributed by atoms with Crippen molar-refractivity contribution in [3.63, 3.8) is 0 Å². The highest BCUT2D eigenvalue weighted by molar-refractivity contribution is 14.0. The SMILES string of the molecule is CN=C(NCc1nnc(C)n1C)N(C)Cc1ccc2c(c1)OCCO2.I. The van der Waals surface area contributed by atoms with Gasteiger partial charge in [0.05, 0.1) is 6.54 Å². The molecule has 1 aromatic carbocycles. The number of ether oxygens (including phenoxy) is 2. The Kier molecular flexibility index (Phi) is 7.06. The molecule has 0 atom stereocenters. The first kappa shape index (κ1) is 20.3. The molecule has 2 aromatic rings. The minimum atomic E-state index is 0. The zero-order valence-corrected chi connectivity index (χ0v) is 17.9. The van der Waals surface area contributed by atoms with E-state index < -0.39 is 0 Å². The maximum absolute atomic E-state index is 5.65. The summed E-state index contributed by atoms with van der Waals surface area (Å²) in [5.41, 5.74) is 1.13. The second kappa shape index (κ2) is 9.06. The molecule has 3 rings (SSSR count). The minimum absolute atomic E-state index is 0. The van der Waals surface area contributed by atoms with Gasteiger partial charge >= 0.3 is 0 Å². The van der Waals surface area contributed by atoms with E-state index in [0.29, 0.717) is 26.3 Å². The lowest BCUT2D eigenvalue weighted by molar-refractivity contribution is 0.171. The largest absolute Gasteiger partial charge is 0.486 e. The van der Waals surface area contributed by atoms with Crippen molar-refractivity contribution in [2.24, 2.45) is 12.0 Å². The number of fused-ring (bicyclic) bond motifs is 1. The molecule has 0 unspecified atom stereocenters. The number of aryl methyl sites for hydroxylation is 1. The molecule has 0 amide bonds. The van der Waals surface area contributed by atoms with E-state index in [4.69, 9.17) is 9.47 Å². The molecular formula is C17H25IN6O2. The van der Waals surface area contributed by atoms with Crippen LogP contribution in [0.4, 0.5) is 0 Å². The van der Waals surface area contributed by atoms with Crippen molar-refractivity contribution in [2.75, 3.05) is 27.3 Å². The summed E-state index contributed by atoms with van der Waals surface area (Å²) in [6.45, 7) is 4.39. The molecule has 1 aliphatic heterocycles. The van der Waals surface area contributed by atoms with Gasteiger partial charge in [-0.25, -0.2) is 0 Å². The van der Waals surface area contributed by atoms with Crippen LogP contribution >= 0.6 is 24.0 Å². The van der Waals surface area contributed by atoms with Crippen molar-refractivity contribution in [3.8, 4) is 11.5 Å². The highest BCUT2D eigenvalue weighted by atomic mass is 127. The lowest BCUT2D eigenvalue weighted by atomic mass is 10.2. The summed E-state index contributed by atoms with van der Waals surface area (Å²) in [7, 11) is 5.71. The molecule has 0 saturated carbocycles. The van der Waals surface area contributed by atoms with E-state index in [-0.39, 0.29) is 24.0 Å². The second-order valence-corrected chi connectivity index (χ2v) is 5.96. The fourth-order valence-electron chi connectivity index (χ4n) is 2.68. The minimum Gasteiger partial charge on any atom is -0.486 e. The van der Waals surface area contributed by atoms with Crippen LogP contribution in [0.3, 0.4) is 0 Å². The van der Waals surface area contributed by atoms with Gasteiger partial charge in [0.2, 0.25) is 0 Å². The number of rotatable bonds is 4. The van der Waals surface area contributed by atoms with Gasteiger partial charge in [-0.1, -0.05) is 6.07 Å². The maximum atomic E-state index is 5.65. The van der Waals surface area contributed by atoms with Crippen LogP contribution in [0.1, 0.15) is 17.2 Å². The fourth-order valence-corrected chi connectivity index (χ4v) is 2.68. The number of aromatic nitrogens is 3. The number of hydrogen-bond acceptors (Lipinski definition) is 5. The van der Waals surface area contributed by atoms with Crippen molar-refractivity contribution in [3.05, 3.63) is 35.4 Å². The summed E-state index contributed by atoms with van der Waals surface area (Å²) in [5, 5.41) is 11.5. The van der Waals surface area contributed by atoms with Gasteiger partial charge in [-0.15, -0.1) is 34.2 Å². The Morgan fingerprint density at radius 2 is 2.00 bits per heavy atom. The van der Waals surface area contributed by atoms with E-state index in [1.54, 1.807) is 7.05 Å². The Morgan fingerprint density at radius 3 is 2.65 bits per heavy atom. The zero-order valence-electron chi connectivity index (χ0n) is 15.5. The van der Waals surface area contributed by atoms with Gasteiger partial charge in [-0.2, -0.15) is 0 Å². The molecule has 0 bridgehead atoms. The first-order valence-corrected chi connectivity index (χ1v) is 8.23.